The van der Waals surface area contributed by atoms with E-state index in [4.69, 9.17) is 16.7 Å². The van der Waals surface area contributed by atoms with Gasteiger partial charge in [0.05, 0.1) is 22.4 Å². The van der Waals surface area contributed by atoms with Gasteiger partial charge in [-0.15, -0.1) is 11.8 Å². The molecule has 1 N–H and O–H groups in total. The molecule has 0 unspecified atom stereocenters. The van der Waals surface area contributed by atoms with Gasteiger partial charge in [-0.05, 0) is 42.7 Å². The third kappa shape index (κ3) is 5.89. The third-order valence-corrected chi connectivity index (χ3v) is 8.07. The minimum atomic E-state index is -0.222. The molecule has 5 rings (SSSR count). The number of aryl methyl sites for hydroxylation is 1. The highest BCUT2D eigenvalue weighted by Crippen LogP contribution is 2.48. The van der Waals surface area contributed by atoms with Gasteiger partial charge in [-0.1, -0.05) is 85.6 Å². The van der Waals surface area contributed by atoms with Gasteiger partial charge >= 0.3 is 0 Å². The van der Waals surface area contributed by atoms with Crippen molar-refractivity contribution in [2.24, 2.45) is 5.92 Å². The summed E-state index contributed by atoms with van der Waals surface area (Å²) in [6, 6.07) is 25.7. The lowest BCUT2D eigenvalue weighted by molar-refractivity contribution is -0.123. The van der Waals surface area contributed by atoms with Gasteiger partial charge in [0.15, 0.2) is 0 Å². The summed E-state index contributed by atoms with van der Waals surface area (Å²) in [6.45, 7) is 6.57. The summed E-state index contributed by atoms with van der Waals surface area (Å²) < 4.78 is 1.81. The van der Waals surface area contributed by atoms with E-state index >= 15 is 0 Å². The number of carbonyl (C=O) groups is 2. The normalized spacial score (nSPS) is 15.3. The first-order valence-electron chi connectivity index (χ1n) is 13.0. The number of halogens is 1. The molecule has 0 saturated carbocycles. The molecule has 200 valence electrons. The molecule has 2 heterocycles. The molecule has 1 atom stereocenters. The van der Waals surface area contributed by atoms with Crippen LogP contribution in [0.15, 0.2) is 78.9 Å². The predicted octanol–water partition coefficient (Wildman–Crippen LogP) is 6.44. The van der Waals surface area contributed by atoms with Crippen LogP contribution in [0.4, 0.5) is 5.82 Å². The van der Waals surface area contributed by atoms with Crippen molar-refractivity contribution in [1.29, 1.82) is 0 Å². The van der Waals surface area contributed by atoms with Crippen LogP contribution in [0.25, 0.3) is 16.9 Å². The Morgan fingerprint density at radius 1 is 1.08 bits per heavy atom. The van der Waals surface area contributed by atoms with Crippen LogP contribution in [0.1, 0.15) is 35.8 Å². The number of fused-ring (bicyclic) bond motifs is 1. The number of hydrogen-bond acceptors (Lipinski definition) is 4. The van der Waals surface area contributed by atoms with Crippen LogP contribution in [-0.4, -0.2) is 40.4 Å². The van der Waals surface area contributed by atoms with E-state index in [-0.39, 0.29) is 29.4 Å². The SMILES string of the molecule is Cc1ccc(-n2nc(-c3ccccc3)c3c2N(CC(=O)NCC(C)C)C(=O)CS[C@H]3c2cccc(Cl)c2)cc1. The second-order valence-electron chi connectivity index (χ2n) is 10.1. The largest absolute Gasteiger partial charge is 0.354 e. The van der Waals surface area contributed by atoms with E-state index < -0.39 is 0 Å². The fourth-order valence-corrected chi connectivity index (χ4v) is 6.03. The molecule has 1 aromatic heterocycles. The average molecular weight is 559 g/mol. The Kier molecular flexibility index (Phi) is 8.10. The Hall–Kier alpha value is -3.55. The van der Waals surface area contributed by atoms with E-state index in [0.29, 0.717) is 23.3 Å². The standard InChI is InChI=1S/C31H31ClN4O2S/c1-20(2)17-33-26(37)18-35-27(38)19-39-30(23-10-7-11-24(32)16-23)28-29(22-8-5-4-6-9-22)34-36(31(28)35)25-14-12-21(3)13-15-25/h4-16,20,30H,17-19H2,1-3H3,(H,33,37)/t30-/m0/s1. The topological polar surface area (TPSA) is 67.2 Å². The summed E-state index contributed by atoms with van der Waals surface area (Å²) in [5, 5.41) is 8.49. The monoisotopic (exact) mass is 558 g/mol. The van der Waals surface area contributed by atoms with Gasteiger partial charge in [0.25, 0.3) is 0 Å². The van der Waals surface area contributed by atoms with Crippen molar-refractivity contribution in [2.75, 3.05) is 23.7 Å². The Morgan fingerprint density at radius 2 is 1.82 bits per heavy atom. The van der Waals surface area contributed by atoms with E-state index in [1.807, 2.05) is 104 Å². The highest BCUT2D eigenvalue weighted by atomic mass is 35.5. The number of hydrogen-bond donors (Lipinski definition) is 1. The molecule has 0 aliphatic carbocycles. The number of rotatable bonds is 7. The summed E-state index contributed by atoms with van der Waals surface area (Å²) >= 11 is 7.96. The van der Waals surface area contributed by atoms with Crippen LogP contribution in [-0.2, 0) is 9.59 Å². The van der Waals surface area contributed by atoms with Crippen molar-refractivity contribution < 1.29 is 9.59 Å². The first-order valence-corrected chi connectivity index (χ1v) is 14.4. The van der Waals surface area contributed by atoms with Crippen molar-refractivity contribution in [3.05, 3.63) is 101 Å². The van der Waals surface area contributed by atoms with Gasteiger partial charge in [-0.25, -0.2) is 4.68 Å². The second kappa shape index (κ2) is 11.7. The lowest BCUT2D eigenvalue weighted by Gasteiger charge is -2.23. The van der Waals surface area contributed by atoms with Crippen LogP contribution >= 0.6 is 23.4 Å². The van der Waals surface area contributed by atoms with Crippen LogP contribution in [0.5, 0.6) is 0 Å². The van der Waals surface area contributed by atoms with Crippen LogP contribution in [0.2, 0.25) is 5.02 Å². The van der Waals surface area contributed by atoms with Gasteiger partial charge < -0.3 is 5.32 Å². The molecule has 0 spiro atoms. The molecule has 8 heteroatoms. The van der Waals surface area contributed by atoms with Crippen LogP contribution < -0.4 is 10.2 Å². The minimum Gasteiger partial charge on any atom is -0.354 e. The van der Waals surface area contributed by atoms with Crippen molar-refractivity contribution in [3.63, 3.8) is 0 Å². The number of thioether (sulfide) groups is 1. The number of anilines is 1. The van der Waals surface area contributed by atoms with Gasteiger partial charge in [0.2, 0.25) is 11.8 Å². The number of nitrogens with one attached hydrogen (secondary N) is 1. The van der Waals surface area contributed by atoms with Gasteiger partial charge in [0.1, 0.15) is 12.4 Å². The zero-order valence-corrected chi connectivity index (χ0v) is 23.8. The summed E-state index contributed by atoms with van der Waals surface area (Å²) in [6.07, 6.45) is 0. The van der Waals surface area contributed by atoms with Crippen molar-refractivity contribution in [1.82, 2.24) is 15.1 Å². The van der Waals surface area contributed by atoms with Gasteiger partial charge in [-0.2, -0.15) is 5.10 Å². The van der Waals surface area contributed by atoms with Crippen molar-refractivity contribution in [3.8, 4) is 16.9 Å². The van der Waals surface area contributed by atoms with E-state index in [2.05, 4.69) is 5.32 Å². The Labute approximate surface area is 238 Å². The maximum absolute atomic E-state index is 13.7. The highest BCUT2D eigenvalue weighted by Gasteiger charge is 2.37. The summed E-state index contributed by atoms with van der Waals surface area (Å²) in [7, 11) is 0. The van der Waals surface area contributed by atoms with E-state index in [1.54, 1.807) is 4.90 Å². The van der Waals surface area contributed by atoms with Crippen LogP contribution in [0, 0.1) is 12.8 Å². The summed E-state index contributed by atoms with van der Waals surface area (Å²) in [4.78, 5) is 28.4. The number of amides is 2. The molecule has 0 fully saturated rings. The zero-order chi connectivity index (χ0) is 27.5. The molecule has 1 aliphatic rings. The zero-order valence-electron chi connectivity index (χ0n) is 22.2. The lowest BCUT2D eigenvalue weighted by atomic mass is 9.99. The van der Waals surface area contributed by atoms with Crippen molar-refractivity contribution in [2.45, 2.75) is 26.0 Å². The molecule has 0 radical (unpaired) electrons. The average Bonchev–Trinajstić information content (AvgIpc) is 3.25. The van der Waals surface area contributed by atoms with Gasteiger partial charge in [-0.3, -0.25) is 14.5 Å². The molecule has 2 amide bonds. The first kappa shape index (κ1) is 27.0. The molecular weight excluding hydrogens is 528 g/mol. The van der Waals surface area contributed by atoms with Crippen molar-refractivity contribution >= 4 is 41.0 Å². The fraction of sp³-hybridized carbons (Fsp3) is 0.258. The Balaban J connectivity index is 1.76. The smallest absolute Gasteiger partial charge is 0.240 e. The second-order valence-corrected chi connectivity index (χ2v) is 11.7. The molecule has 0 saturated heterocycles. The molecule has 39 heavy (non-hydrogen) atoms. The minimum absolute atomic E-state index is 0.0901. The van der Waals surface area contributed by atoms with Crippen LogP contribution in [0.3, 0.4) is 0 Å². The maximum atomic E-state index is 13.7. The lowest BCUT2D eigenvalue weighted by Crippen LogP contribution is -2.43. The Morgan fingerprint density at radius 3 is 2.51 bits per heavy atom. The number of carbonyl (C=O) groups excluding carboxylic acids is 2. The fourth-order valence-electron chi connectivity index (χ4n) is 4.64. The molecule has 1 aliphatic heterocycles. The number of aromatic nitrogens is 2. The molecule has 0 bridgehead atoms. The maximum Gasteiger partial charge on any atom is 0.240 e. The number of nitrogens with zero attached hydrogens (tertiary/aromatic N) is 3. The van der Waals surface area contributed by atoms with E-state index in [1.165, 1.54) is 11.8 Å². The molecule has 4 aromatic rings. The first-order chi connectivity index (χ1) is 18.8. The third-order valence-electron chi connectivity index (χ3n) is 6.58. The van der Waals surface area contributed by atoms with Gasteiger partial charge in [0, 0.05) is 22.7 Å². The van der Waals surface area contributed by atoms with E-state index in [9.17, 15) is 9.59 Å². The predicted molar refractivity (Wildman–Crippen MR) is 160 cm³/mol. The molecule has 3 aromatic carbocycles. The molecule has 6 nitrogen and oxygen atoms in total. The number of benzene rings is 3. The highest BCUT2D eigenvalue weighted by molar-refractivity contribution is 8.00. The van der Waals surface area contributed by atoms with E-state index in [0.717, 1.165) is 33.6 Å². The Bertz CT molecular complexity index is 1480. The summed E-state index contributed by atoms with van der Waals surface area (Å²) in [5.74, 6) is 0.781. The quantitative estimate of drug-likeness (QED) is 0.283. The molecular formula is C31H31ClN4O2S. The summed E-state index contributed by atoms with van der Waals surface area (Å²) in [5.41, 5.74) is 5.51.